The van der Waals surface area contributed by atoms with Crippen molar-refractivity contribution >= 4 is 44.1 Å². The van der Waals surface area contributed by atoms with Crippen molar-refractivity contribution in [3.63, 3.8) is 0 Å². The molecule has 8 heteroatoms. The van der Waals surface area contributed by atoms with E-state index in [0.717, 1.165) is 22.7 Å². The Kier molecular flexibility index (Phi) is 4.69. The Morgan fingerprint density at radius 2 is 1.92 bits per heavy atom. The third-order valence-electron chi connectivity index (χ3n) is 3.54. The van der Waals surface area contributed by atoms with Crippen LogP contribution in [-0.4, -0.2) is 25.6 Å². The van der Waals surface area contributed by atoms with E-state index in [4.69, 9.17) is 11.6 Å². The zero-order valence-corrected chi connectivity index (χ0v) is 14.9. The number of benzene rings is 2. The van der Waals surface area contributed by atoms with E-state index in [1.807, 2.05) is 12.1 Å². The van der Waals surface area contributed by atoms with Gasteiger partial charge in [-0.3, -0.25) is 9.52 Å². The van der Waals surface area contributed by atoms with Gasteiger partial charge >= 0.3 is 0 Å². The molecule has 0 unspecified atom stereocenters. The van der Waals surface area contributed by atoms with E-state index in [2.05, 4.69) is 15.0 Å². The summed E-state index contributed by atoms with van der Waals surface area (Å²) in [5, 5.41) is 4.16. The number of hydrogen-bond donors (Lipinski definition) is 3. The second kappa shape index (κ2) is 6.78. The number of aromatic amines is 1. The van der Waals surface area contributed by atoms with Gasteiger partial charge in [0.15, 0.2) is 0 Å². The van der Waals surface area contributed by atoms with Crippen LogP contribution in [0, 0.1) is 0 Å². The van der Waals surface area contributed by atoms with E-state index in [1.54, 1.807) is 36.4 Å². The zero-order chi connectivity index (χ0) is 18.0. The molecule has 0 bridgehead atoms. The van der Waals surface area contributed by atoms with Crippen LogP contribution in [0.4, 0.5) is 5.69 Å². The molecule has 3 rings (SSSR count). The van der Waals surface area contributed by atoms with Crippen LogP contribution >= 0.6 is 11.6 Å². The van der Waals surface area contributed by atoms with Crippen LogP contribution in [0.2, 0.25) is 5.02 Å². The highest BCUT2D eigenvalue weighted by molar-refractivity contribution is 7.92. The Morgan fingerprint density at radius 1 is 1.16 bits per heavy atom. The zero-order valence-electron chi connectivity index (χ0n) is 13.3. The number of H-pyrrole nitrogens is 1. The topological polar surface area (TPSA) is 91.1 Å². The lowest BCUT2D eigenvalue weighted by Gasteiger charge is -2.07. The molecule has 0 spiro atoms. The van der Waals surface area contributed by atoms with Crippen LogP contribution in [0.5, 0.6) is 0 Å². The number of fused-ring (bicyclic) bond motifs is 1. The lowest BCUT2D eigenvalue weighted by atomic mass is 10.2. The lowest BCUT2D eigenvalue weighted by Crippen LogP contribution is -2.23. The molecule has 130 valence electrons. The summed E-state index contributed by atoms with van der Waals surface area (Å²) in [6.45, 7) is 0.265. The first-order chi connectivity index (χ1) is 11.8. The molecule has 0 saturated carbocycles. The van der Waals surface area contributed by atoms with E-state index >= 15 is 0 Å². The molecule has 0 radical (unpaired) electrons. The highest BCUT2D eigenvalue weighted by Gasteiger charge is 2.11. The molecule has 0 atom stereocenters. The normalized spacial score (nSPS) is 11.4. The smallest absolute Gasteiger partial charge is 0.267 e. The Balaban J connectivity index is 1.71. The number of hydrogen-bond acceptors (Lipinski definition) is 3. The van der Waals surface area contributed by atoms with Crippen molar-refractivity contribution in [3.8, 4) is 0 Å². The van der Waals surface area contributed by atoms with E-state index < -0.39 is 10.0 Å². The molecule has 1 amide bonds. The highest BCUT2D eigenvalue weighted by Crippen LogP contribution is 2.24. The molecule has 3 aromatic rings. The van der Waals surface area contributed by atoms with Crippen molar-refractivity contribution in [3.05, 3.63) is 64.8 Å². The van der Waals surface area contributed by atoms with E-state index in [-0.39, 0.29) is 12.5 Å². The summed E-state index contributed by atoms with van der Waals surface area (Å²) in [5.74, 6) is -0.270. The number of nitrogens with one attached hydrogen (secondary N) is 3. The summed E-state index contributed by atoms with van der Waals surface area (Å²) in [4.78, 5) is 15.3. The average molecular weight is 378 g/mol. The molecule has 6 nitrogen and oxygen atoms in total. The van der Waals surface area contributed by atoms with Gasteiger partial charge in [-0.25, -0.2) is 8.42 Å². The van der Waals surface area contributed by atoms with Gasteiger partial charge in [0.05, 0.1) is 6.26 Å². The first-order valence-corrected chi connectivity index (χ1v) is 9.71. The number of carbonyl (C=O) groups is 1. The standard InChI is InChI=1S/C17H16ClN3O3S/c1-25(23,24)21-12-5-2-4-11(8-12)10-19-17(22)16-9-13-14(18)6-3-7-15(13)20-16/h2-9,20-21H,10H2,1H3,(H,19,22). The summed E-state index contributed by atoms with van der Waals surface area (Å²) in [6, 6.07) is 14.0. The van der Waals surface area contributed by atoms with Gasteiger partial charge in [-0.15, -0.1) is 0 Å². The molecule has 3 N–H and O–H groups in total. The molecule has 0 aliphatic heterocycles. The molecular weight excluding hydrogens is 362 g/mol. The van der Waals surface area contributed by atoms with Crippen molar-refractivity contribution < 1.29 is 13.2 Å². The Morgan fingerprint density at radius 3 is 2.64 bits per heavy atom. The number of anilines is 1. The fraction of sp³-hybridized carbons (Fsp3) is 0.118. The minimum atomic E-state index is -3.34. The third kappa shape index (κ3) is 4.32. The molecule has 25 heavy (non-hydrogen) atoms. The van der Waals surface area contributed by atoms with Crippen molar-refractivity contribution in [2.45, 2.75) is 6.54 Å². The van der Waals surface area contributed by atoms with Crippen molar-refractivity contribution in [1.29, 1.82) is 0 Å². The molecule has 0 aliphatic rings. The van der Waals surface area contributed by atoms with Gasteiger partial charge in [-0.1, -0.05) is 29.8 Å². The maximum Gasteiger partial charge on any atom is 0.267 e. The van der Waals surface area contributed by atoms with Crippen LogP contribution < -0.4 is 10.0 Å². The molecular formula is C17H16ClN3O3S. The van der Waals surface area contributed by atoms with Crippen LogP contribution in [0.15, 0.2) is 48.5 Å². The van der Waals surface area contributed by atoms with Gasteiger partial charge in [0, 0.05) is 28.2 Å². The van der Waals surface area contributed by atoms with Crippen LogP contribution in [0.1, 0.15) is 16.1 Å². The van der Waals surface area contributed by atoms with E-state index in [1.165, 1.54) is 0 Å². The SMILES string of the molecule is CS(=O)(=O)Nc1cccc(CNC(=O)c2cc3c(Cl)cccc3[nH]2)c1. The Bertz CT molecular complexity index is 1040. The minimum Gasteiger partial charge on any atom is -0.350 e. The second-order valence-corrected chi connectivity index (χ2v) is 7.80. The molecule has 0 saturated heterocycles. The highest BCUT2D eigenvalue weighted by atomic mass is 35.5. The molecule has 0 fully saturated rings. The summed E-state index contributed by atoms with van der Waals surface area (Å²) in [7, 11) is -3.34. The Labute approximate surface area is 150 Å². The summed E-state index contributed by atoms with van der Waals surface area (Å²) < 4.78 is 25.0. The Hall–Kier alpha value is -2.51. The molecule has 2 aromatic carbocycles. The number of sulfonamides is 1. The number of rotatable bonds is 5. The quantitative estimate of drug-likeness (QED) is 0.638. The van der Waals surface area contributed by atoms with Gasteiger partial charge in [0.2, 0.25) is 10.0 Å². The van der Waals surface area contributed by atoms with Gasteiger partial charge in [0.25, 0.3) is 5.91 Å². The number of carbonyl (C=O) groups excluding carboxylic acids is 1. The van der Waals surface area contributed by atoms with Crippen molar-refractivity contribution in [2.75, 3.05) is 11.0 Å². The second-order valence-electron chi connectivity index (χ2n) is 5.64. The van der Waals surface area contributed by atoms with Crippen LogP contribution in [-0.2, 0) is 16.6 Å². The summed E-state index contributed by atoms with van der Waals surface area (Å²) in [6.07, 6.45) is 1.09. The number of amides is 1. The largest absolute Gasteiger partial charge is 0.350 e. The van der Waals surface area contributed by atoms with Crippen LogP contribution in [0.25, 0.3) is 10.9 Å². The fourth-order valence-electron chi connectivity index (χ4n) is 2.48. The maximum absolute atomic E-state index is 12.3. The van der Waals surface area contributed by atoms with E-state index in [9.17, 15) is 13.2 Å². The molecule has 1 heterocycles. The third-order valence-corrected chi connectivity index (χ3v) is 4.47. The predicted octanol–water partition coefficient (Wildman–Crippen LogP) is 3.12. The average Bonchev–Trinajstić information content (AvgIpc) is 2.97. The minimum absolute atomic E-state index is 0.265. The van der Waals surface area contributed by atoms with Gasteiger partial charge in [0.1, 0.15) is 5.69 Å². The summed E-state index contributed by atoms with van der Waals surface area (Å²) in [5.41, 5.74) is 2.42. The lowest BCUT2D eigenvalue weighted by molar-refractivity contribution is 0.0946. The summed E-state index contributed by atoms with van der Waals surface area (Å²) >= 11 is 6.11. The maximum atomic E-state index is 12.3. The van der Waals surface area contributed by atoms with Gasteiger partial charge in [-0.2, -0.15) is 0 Å². The van der Waals surface area contributed by atoms with Crippen molar-refractivity contribution in [2.24, 2.45) is 0 Å². The fourth-order valence-corrected chi connectivity index (χ4v) is 3.26. The first kappa shape index (κ1) is 17.3. The van der Waals surface area contributed by atoms with Crippen molar-refractivity contribution in [1.82, 2.24) is 10.3 Å². The number of halogens is 1. The molecule has 0 aliphatic carbocycles. The van der Waals surface area contributed by atoms with Crippen LogP contribution in [0.3, 0.4) is 0 Å². The monoisotopic (exact) mass is 377 g/mol. The van der Waals surface area contributed by atoms with Gasteiger partial charge in [-0.05, 0) is 35.9 Å². The molecule has 1 aromatic heterocycles. The predicted molar refractivity (Wildman–Crippen MR) is 99.4 cm³/mol. The first-order valence-electron chi connectivity index (χ1n) is 7.44. The van der Waals surface area contributed by atoms with Gasteiger partial charge < -0.3 is 10.3 Å². The van der Waals surface area contributed by atoms with E-state index in [0.29, 0.717) is 16.4 Å². The number of aromatic nitrogens is 1.